The predicted octanol–water partition coefficient (Wildman–Crippen LogP) is 0.363. The van der Waals surface area contributed by atoms with Crippen LogP contribution in [-0.2, 0) is 4.79 Å². The van der Waals surface area contributed by atoms with Crippen LogP contribution in [0, 0.1) is 0 Å². The quantitative estimate of drug-likeness (QED) is 0.678. The highest BCUT2D eigenvalue weighted by Crippen LogP contribution is 2.10. The van der Waals surface area contributed by atoms with Crippen molar-refractivity contribution in [2.75, 3.05) is 6.61 Å². The number of hydrogen-bond acceptors (Lipinski definition) is 3. The molecule has 1 aromatic rings. The van der Waals surface area contributed by atoms with Crippen molar-refractivity contribution in [2.45, 2.75) is 0 Å². The fourth-order valence-electron chi connectivity index (χ4n) is 0.797. The van der Waals surface area contributed by atoms with Crippen molar-refractivity contribution in [3.8, 4) is 5.75 Å². The highest BCUT2D eigenvalue weighted by Gasteiger charge is 1.96. The number of amides is 1. The van der Waals surface area contributed by atoms with E-state index in [2.05, 4.69) is 0 Å². The molecule has 0 aliphatic carbocycles. The van der Waals surface area contributed by atoms with Gasteiger partial charge in [-0.3, -0.25) is 9.59 Å². The van der Waals surface area contributed by atoms with Crippen molar-refractivity contribution in [1.29, 1.82) is 0 Å². The van der Waals surface area contributed by atoms with Crippen LogP contribution in [0.25, 0.3) is 0 Å². The topological polar surface area (TPSA) is 69.4 Å². The molecule has 13 heavy (non-hydrogen) atoms. The zero-order chi connectivity index (χ0) is 9.68. The first-order valence-electron chi connectivity index (χ1n) is 3.68. The predicted molar refractivity (Wildman–Crippen MR) is 46.5 cm³/mol. The molecule has 0 bridgehead atoms. The fraction of sp³-hybridized carbons (Fsp3) is 0.111. The lowest BCUT2D eigenvalue weighted by Gasteiger charge is -2.02. The van der Waals surface area contributed by atoms with Crippen LogP contribution in [0.5, 0.6) is 5.75 Å². The summed E-state index contributed by atoms with van der Waals surface area (Å²) in [5, 5.41) is 0. The van der Waals surface area contributed by atoms with E-state index < -0.39 is 5.91 Å². The van der Waals surface area contributed by atoms with Gasteiger partial charge in [-0.2, -0.15) is 0 Å². The van der Waals surface area contributed by atoms with Gasteiger partial charge in [0.15, 0.2) is 6.61 Å². The van der Waals surface area contributed by atoms with E-state index in [0.717, 1.165) is 6.29 Å². The number of rotatable bonds is 4. The molecule has 0 atom stereocenters. The van der Waals surface area contributed by atoms with Gasteiger partial charge in [0.1, 0.15) is 12.0 Å². The van der Waals surface area contributed by atoms with E-state index in [1.807, 2.05) is 0 Å². The molecule has 0 fully saturated rings. The molecule has 0 spiro atoms. The van der Waals surface area contributed by atoms with Crippen LogP contribution in [0.4, 0.5) is 0 Å². The Balaban J connectivity index is 2.59. The summed E-state index contributed by atoms with van der Waals surface area (Å²) in [4.78, 5) is 20.6. The van der Waals surface area contributed by atoms with Gasteiger partial charge in [0.2, 0.25) is 0 Å². The highest BCUT2D eigenvalue weighted by atomic mass is 16.5. The lowest BCUT2D eigenvalue weighted by molar-refractivity contribution is -0.119. The molecule has 0 unspecified atom stereocenters. The van der Waals surface area contributed by atoms with Crippen LogP contribution in [0.3, 0.4) is 0 Å². The summed E-state index contributed by atoms with van der Waals surface area (Å²) in [6.45, 7) is -0.152. The summed E-state index contributed by atoms with van der Waals surface area (Å²) in [7, 11) is 0. The molecular weight excluding hydrogens is 170 g/mol. The van der Waals surface area contributed by atoms with Gasteiger partial charge in [0.05, 0.1) is 0 Å². The Hall–Kier alpha value is -1.84. The molecule has 4 heteroatoms. The molecule has 0 heterocycles. The SMILES string of the molecule is NC(=O)COc1ccc(C=O)cc1. The summed E-state index contributed by atoms with van der Waals surface area (Å²) in [6.07, 6.45) is 0.734. The van der Waals surface area contributed by atoms with Gasteiger partial charge in [0, 0.05) is 5.56 Å². The largest absolute Gasteiger partial charge is 0.484 e. The molecule has 2 N–H and O–H groups in total. The molecule has 1 amide bonds. The van der Waals surface area contributed by atoms with E-state index >= 15 is 0 Å². The third-order valence-electron chi connectivity index (χ3n) is 1.40. The molecule has 4 nitrogen and oxygen atoms in total. The lowest BCUT2D eigenvalue weighted by atomic mass is 10.2. The maximum atomic E-state index is 10.3. The number of nitrogens with two attached hydrogens (primary N) is 1. The van der Waals surface area contributed by atoms with Crippen LogP contribution in [0.2, 0.25) is 0 Å². The maximum Gasteiger partial charge on any atom is 0.255 e. The van der Waals surface area contributed by atoms with Crippen molar-refractivity contribution < 1.29 is 14.3 Å². The molecule has 0 aromatic heterocycles. The average Bonchev–Trinajstić information content (AvgIpc) is 2.15. The van der Waals surface area contributed by atoms with Gasteiger partial charge in [-0.1, -0.05) is 0 Å². The fourth-order valence-corrected chi connectivity index (χ4v) is 0.797. The molecular formula is C9H9NO3. The Bertz CT molecular complexity index is 305. The standard InChI is InChI=1S/C9H9NO3/c10-9(12)6-13-8-3-1-7(5-11)2-4-8/h1-5H,6H2,(H2,10,12). The summed E-state index contributed by atoms with van der Waals surface area (Å²) in [5.41, 5.74) is 5.44. The Morgan fingerprint density at radius 2 is 2.00 bits per heavy atom. The van der Waals surface area contributed by atoms with Crippen molar-refractivity contribution in [2.24, 2.45) is 5.73 Å². The van der Waals surface area contributed by atoms with Crippen molar-refractivity contribution in [3.63, 3.8) is 0 Å². The van der Waals surface area contributed by atoms with E-state index in [1.165, 1.54) is 0 Å². The summed E-state index contributed by atoms with van der Waals surface area (Å²) >= 11 is 0. The lowest BCUT2D eigenvalue weighted by Crippen LogP contribution is -2.19. The minimum absolute atomic E-state index is 0.152. The molecule has 1 aromatic carbocycles. The Labute approximate surface area is 75.3 Å². The minimum atomic E-state index is -0.528. The van der Waals surface area contributed by atoms with E-state index in [0.29, 0.717) is 11.3 Å². The third-order valence-corrected chi connectivity index (χ3v) is 1.40. The third kappa shape index (κ3) is 2.94. The van der Waals surface area contributed by atoms with E-state index in [-0.39, 0.29) is 6.61 Å². The first kappa shape index (κ1) is 9.25. The van der Waals surface area contributed by atoms with Gasteiger partial charge >= 0.3 is 0 Å². The molecule has 0 saturated carbocycles. The van der Waals surface area contributed by atoms with Gasteiger partial charge in [0.25, 0.3) is 5.91 Å². The number of carbonyl (C=O) groups is 2. The Kier molecular flexibility index (Phi) is 3.03. The zero-order valence-corrected chi connectivity index (χ0v) is 6.90. The van der Waals surface area contributed by atoms with Gasteiger partial charge in [-0.15, -0.1) is 0 Å². The van der Waals surface area contributed by atoms with E-state index in [9.17, 15) is 9.59 Å². The number of carbonyl (C=O) groups excluding carboxylic acids is 2. The number of benzene rings is 1. The molecule has 68 valence electrons. The summed E-state index contributed by atoms with van der Waals surface area (Å²) < 4.78 is 4.98. The van der Waals surface area contributed by atoms with Crippen LogP contribution in [0.1, 0.15) is 10.4 Å². The molecule has 0 radical (unpaired) electrons. The van der Waals surface area contributed by atoms with Gasteiger partial charge in [-0.05, 0) is 24.3 Å². The molecule has 0 saturated heterocycles. The number of hydrogen-bond donors (Lipinski definition) is 1. The maximum absolute atomic E-state index is 10.3. The van der Waals surface area contributed by atoms with Crippen LogP contribution in [-0.4, -0.2) is 18.8 Å². The van der Waals surface area contributed by atoms with Gasteiger partial charge < -0.3 is 10.5 Å². The summed E-state index contributed by atoms with van der Waals surface area (Å²) in [5.74, 6) is -0.0103. The smallest absolute Gasteiger partial charge is 0.255 e. The van der Waals surface area contributed by atoms with Crippen LogP contribution < -0.4 is 10.5 Å². The Morgan fingerprint density at radius 3 is 2.46 bits per heavy atom. The molecule has 0 aliphatic heterocycles. The Morgan fingerprint density at radius 1 is 1.38 bits per heavy atom. The van der Waals surface area contributed by atoms with Crippen LogP contribution in [0.15, 0.2) is 24.3 Å². The van der Waals surface area contributed by atoms with Crippen molar-refractivity contribution in [1.82, 2.24) is 0 Å². The molecule has 1 rings (SSSR count). The monoisotopic (exact) mass is 179 g/mol. The zero-order valence-electron chi connectivity index (χ0n) is 6.90. The minimum Gasteiger partial charge on any atom is -0.484 e. The number of primary amides is 1. The van der Waals surface area contributed by atoms with Crippen LogP contribution >= 0.6 is 0 Å². The first-order chi connectivity index (χ1) is 6.22. The van der Waals surface area contributed by atoms with Crippen molar-refractivity contribution >= 4 is 12.2 Å². The highest BCUT2D eigenvalue weighted by molar-refractivity contribution is 5.76. The van der Waals surface area contributed by atoms with Gasteiger partial charge in [-0.25, -0.2) is 0 Å². The average molecular weight is 179 g/mol. The second kappa shape index (κ2) is 4.25. The van der Waals surface area contributed by atoms with E-state index in [1.54, 1.807) is 24.3 Å². The normalized spacial score (nSPS) is 9.23. The van der Waals surface area contributed by atoms with Crippen molar-refractivity contribution in [3.05, 3.63) is 29.8 Å². The number of ether oxygens (including phenoxy) is 1. The first-order valence-corrected chi connectivity index (χ1v) is 3.68. The number of aldehydes is 1. The second-order valence-corrected chi connectivity index (χ2v) is 2.44. The molecule has 0 aliphatic rings. The second-order valence-electron chi connectivity index (χ2n) is 2.44. The van der Waals surface area contributed by atoms with E-state index in [4.69, 9.17) is 10.5 Å². The summed E-state index contributed by atoms with van der Waals surface area (Å²) in [6, 6.07) is 6.41.